The molecule has 0 amide bonds. The molecule has 120 valence electrons. The summed E-state index contributed by atoms with van der Waals surface area (Å²) in [5.41, 5.74) is 6.43. The van der Waals surface area contributed by atoms with Gasteiger partial charge in [0, 0.05) is 0 Å². The Bertz CT molecular complexity index is 1130. The molecule has 0 spiro atoms. The minimum atomic E-state index is 0.997. The molecule has 0 bridgehead atoms. The molecule has 0 fully saturated rings. The maximum Gasteiger partial charge on any atom is 0.100 e. The Hall–Kier alpha value is -2.67. The molecular weight excluding hydrogens is 423 g/mol. The lowest BCUT2D eigenvalue weighted by molar-refractivity contribution is 1.04. The van der Waals surface area contributed by atoms with Gasteiger partial charge in [0.2, 0.25) is 0 Å². The number of imidazole rings is 2. The predicted octanol–water partition coefficient (Wildman–Crippen LogP) is 4.97. The number of hydrogen-bond donors (Lipinski definition) is 0. The normalized spacial score (nSPS) is 11.4. The van der Waals surface area contributed by atoms with Crippen LogP contribution in [-0.2, 0) is 0 Å². The van der Waals surface area contributed by atoms with Gasteiger partial charge in [-0.3, -0.25) is 9.13 Å². The highest BCUT2D eigenvalue weighted by molar-refractivity contribution is 14.1. The molecule has 4 nitrogen and oxygen atoms in total. The summed E-state index contributed by atoms with van der Waals surface area (Å²) in [4.78, 5) is 9.04. The van der Waals surface area contributed by atoms with Crippen LogP contribution in [0.3, 0.4) is 0 Å². The monoisotopic (exact) mass is 436 g/mol. The van der Waals surface area contributed by atoms with Gasteiger partial charge in [0.15, 0.2) is 0 Å². The molecule has 0 atom stereocenters. The number of nitrogens with zero attached hydrogens (tertiary/aromatic N) is 4. The van der Waals surface area contributed by atoms with Crippen LogP contribution < -0.4 is 0 Å². The van der Waals surface area contributed by atoms with Gasteiger partial charge in [0.05, 0.1) is 37.0 Å². The molecule has 0 radical (unpaired) electrons. The fraction of sp³-hybridized carbons (Fsp3) is 0. The van der Waals surface area contributed by atoms with E-state index in [-0.39, 0.29) is 0 Å². The van der Waals surface area contributed by atoms with Crippen molar-refractivity contribution in [2.24, 2.45) is 0 Å². The molecular formula is C20H13IN4. The third-order valence-electron chi connectivity index (χ3n) is 4.38. The number of para-hydroxylation sites is 4. The van der Waals surface area contributed by atoms with E-state index in [1.807, 2.05) is 49.1 Å². The van der Waals surface area contributed by atoms with E-state index in [1.165, 1.54) is 0 Å². The summed E-state index contributed by atoms with van der Waals surface area (Å²) < 4.78 is 5.44. The average Bonchev–Trinajstić information content (AvgIpc) is 3.26. The third kappa shape index (κ3) is 2.26. The lowest BCUT2D eigenvalue weighted by atomic mass is 10.2. The maximum atomic E-state index is 4.52. The van der Waals surface area contributed by atoms with Gasteiger partial charge in [-0.2, -0.15) is 0 Å². The second-order valence-corrected chi connectivity index (χ2v) is 6.90. The van der Waals surface area contributed by atoms with E-state index in [1.54, 1.807) is 0 Å². The van der Waals surface area contributed by atoms with Crippen LogP contribution in [0, 0.1) is 3.57 Å². The van der Waals surface area contributed by atoms with Crippen molar-refractivity contribution in [1.29, 1.82) is 0 Å². The van der Waals surface area contributed by atoms with Crippen molar-refractivity contribution < 1.29 is 0 Å². The van der Waals surface area contributed by atoms with Gasteiger partial charge in [0.25, 0.3) is 0 Å². The van der Waals surface area contributed by atoms with Gasteiger partial charge < -0.3 is 0 Å². The number of aromatic nitrogens is 4. The van der Waals surface area contributed by atoms with Gasteiger partial charge >= 0.3 is 0 Å². The molecule has 25 heavy (non-hydrogen) atoms. The second kappa shape index (κ2) is 5.70. The first-order valence-corrected chi connectivity index (χ1v) is 9.04. The third-order valence-corrected chi connectivity index (χ3v) is 5.49. The van der Waals surface area contributed by atoms with Crippen LogP contribution in [0.5, 0.6) is 0 Å². The quantitative estimate of drug-likeness (QED) is 0.367. The molecule has 0 saturated carbocycles. The smallest absolute Gasteiger partial charge is 0.100 e. The van der Waals surface area contributed by atoms with Gasteiger partial charge in [-0.15, -0.1) is 0 Å². The zero-order chi connectivity index (χ0) is 16.8. The molecule has 5 aromatic rings. The van der Waals surface area contributed by atoms with Crippen LogP contribution >= 0.6 is 22.6 Å². The number of benzene rings is 3. The van der Waals surface area contributed by atoms with E-state index < -0.39 is 0 Å². The number of halogens is 1. The van der Waals surface area contributed by atoms with E-state index in [4.69, 9.17) is 0 Å². The van der Waals surface area contributed by atoms with Crippen molar-refractivity contribution in [3.8, 4) is 11.4 Å². The number of hydrogen-bond acceptors (Lipinski definition) is 2. The van der Waals surface area contributed by atoms with Crippen molar-refractivity contribution in [3.63, 3.8) is 0 Å². The van der Waals surface area contributed by atoms with Crippen LogP contribution in [0.4, 0.5) is 0 Å². The average molecular weight is 436 g/mol. The zero-order valence-electron chi connectivity index (χ0n) is 13.2. The Labute approximate surface area is 157 Å². The number of fused-ring (bicyclic) bond motifs is 2. The van der Waals surface area contributed by atoms with Gasteiger partial charge in [-0.25, -0.2) is 9.97 Å². The van der Waals surface area contributed by atoms with Crippen LogP contribution in [-0.4, -0.2) is 19.1 Å². The SMILES string of the molecule is Ic1c(-n2cnc3ccccc32)cccc1-n1cnc2ccccc21. The topological polar surface area (TPSA) is 35.6 Å². The summed E-state index contributed by atoms with van der Waals surface area (Å²) in [6.07, 6.45) is 3.77. The van der Waals surface area contributed by atoms with E-state index in [0.717, 1.165) is 37.0 Å². The molecule has 0 saturated heterocycles. The highest BCUT2D eigenvalue weighted by atomic mass is 127. The first-order valence-electron chi connectivity index (χ1n) is 7.96. The summed E-state index contributed by atoms with van der Waals surface area (Å²) in [6.45, 7) is 0. The van der Waals surface area contributed by atoms with Crippen molar-refractivity contribution in [1.82, 2.24) is 19.1 Å². The van der Waals surface area contributed by atoms with Crippen molar-refractivity contribution >= 4 is 44.7 Å². The minimum absolute atomic E-state index is 0.997. The summed E-state index contributed by atoms with van der Waals surface area (Å²) in [5.74, 6) is 0. The van der Waals surface area contributed by atoms with Crippen molar-refractivity contribution in [3.05, 3.63) is 83.0 Å². The molecule has 5 rings (SSSR count). The Morgan fingerprint density at radius 2 is 1.08 bits per heavy atom. The summed E-state index contributed by atoms with van der Waals surface area (Å²) in [7, 11) is 0. The van der Waals surface area contributed by atoms with Gasteiger partial charge in [-0.1, -0.05) is 30.3 Å². The van der Waals surface area contributed by atoms with Crippen LogP contribution in [0.15, 0.2) is 79.4 Å². The van der Waals surface area contributed by atoms with Crippen LogP contribution in [0.25, 0.3) is 33.4 Å². The number of rotatable bonds is 2. The van der Waals surface area contributed by atoms with Gasteiger partial charge in [-0.05, 0) is 59.0 Å². The summed E-state index contributed by atoms with van der Waals surface area (Å²) >= 11 is 2.41. The first-order chi connectivity index (χ1) is 12.3. The molecule has 0 N–H and O–H groups in total. The van der Waals surface area contributed by atoms with E-state index in [9.17, 15) is 0 Å². The summed E-state index contributed by atoms with van der Waals surface area (Å²) in [5, 5.41) is 0. The lowest BCUT2D eigenvalue weighted by Crippen LogP contribution is -2.01. The Kier molecular flexibility index (Phi) is 3.34. The zero-order valence-corrected chi connectivity index (χ0v) is 15.3. The molecule has 0 aliphatic carbocycles. The molecule has 5 heteroatoms. The molecule has 3 aromatic carbocycles. The van der Waals surface area contributed by atoms with Crippen molar-refractivity contribution in [2.45, 2.75) is 0 Å². The largest absolute Gasteiger partial charge is 0.298 e. The Morgan fingerprint density at radius 1 is 0.600 bits per heavy atom. The lowest BCUT2D eigenvalue weighted by Gasteiger charge is -2.13. The predicted molar refractivity (Wildman–Crippen MR) is 108 cm³/mol. The second-order valence-electron chi connectivity index (χ2n) is 5.82. The van der Waals surface area contributed by atoms with E-state index in [2.05, 4.69) is 72.0 Å². The molecule has 2 aromatic heterocycles. The fourth-order valence-electron chi connectivity index (χ4n) is 3.18. The Balaban J connectivity index is 1.75. The summed E-state index contributed by atoms with van der Waals surface area (Å²) in [6, 6.07) is 22.7. The Morgan fingerprint density at radius 3 is 1.60 bits per heavy atom. The maximum absolute atomic E-state index is 4.52. The molecule has 0 aliphatic heterocycles. The molecule has 0 unspecified atom stereocenters. The first kappa shape index (κ1) is 14.7. The highest BCUT2D eigenvalue weighted by Crippen LogP contribution is 2.29. The molecule has 2 heterocycles. The van der Waals surface area contributed by atoms with Crippen molar-refractivity contribution in [2.75, 3.05) is 0 Å². The van der Waals surface area contributed by atoms with E-state index >= 15 is 0 Å². The van der Waals surface area contributed by atoms with Crippen LogP contribution in [0.1, 0.15) is 0 Å². The minimum Gasteiger partial charge on any atom is -0.298 e. The van der Waals surface area contributed by atoms with Gasteiger partial charge in [0.1, 0.15) is 12.7 Å². The fourth-order valence-corrected chi connectivity index (χ4v) is 4.06. The van der Waals surface area contributed by atoms with Crippen LogP contribution in [0.2, 0.25) is 0 Å². The standard InChI is InChI=1S/C20H13IN4/c21-20-18(24-12-22-14-6-1-3-8-16(14)24)10-5-11-19(20)25-13-23-15-7-2-4-9-17(15)25/h1-13H. The van der Waals surface area contributed by atoms with E-state index in [0.29, 0.717) is 0 Å². The highest BCUT2D eigenvalue weighted by Gasteiger charge is 2.13. The molecule has 0 aliphatic rings.